The van der Waals surface area contributed by atoms with E-state index in [1.807, 2.05) is 0 Å². The monoisotopic (exact) mass is 810 g/mol. The maximum absolute atomic E-state index is 6.50. The average molecular weight is 811 g/mol. The van der Waals surface area contributed by atoms with E-state index in [9.17, 15) is 0 Å². The first kappa shape index (κ1) is 34.8. The predicted molar refractivity (Wildman–Crippen MR) is 256 cm³/mol. The molecule has 8 heteroatoms. The second-order valence-corrected chi connectivity index (χ2v) is 17.0. The van der Waals surface area contributed by atoms with Crippen molar-refractivity contribution >= 4 is 65.4 Å². The van der Waals surface area contributed by atoms with Crippen molar-refractivity contribution in [2.45, 2.75) is 11.8 Å². The molecule has 2 unspecified atom stereocenters. The summed E-state index contributed by atoms with van der Waals surface area (Å²) in [6.07, 6.45) is 3.16. The van der Waals surface area contributed by atoms with Gasteiger partial charge in [-0.1, -0.05) is 97.1 Å². The lowest BCUT2D eigenvalue weighted by atomic mass is 9.97. The lowest BCUT2D eigenvalue weighted by molar-refractivity contribution is 0.840. The van der Waals surface area contributed by atoms with Crippen LogP contribution in [0.5, 0.6) is 0 Å². The summed E-state index contributed by atoms with van der Waals surface area (Å²) in [5, 5.41) is 7.02. The molecular formula is C55H38N8. The van der Waals surface area contributed by atoms with Crippen LogP contribution in [-0.2, 0) is 0 Å². The van der Waals surface area contributed by atoms with Gasteiger partial charge in [0.25, 0.3) is 0 Å². The Hall–Kier alpha value is -7.91. The van der Waals surface area contributed by atoms with Crippen LogP contribution in [0.25, 0.3) is 105 Å². The standard InChI is InChI=1S/C55H38N8/c56-27-47-35-11-3-1-9-33(35)37-19-17-31(21-41(37)47)61-49-15-7-5-13-39(49)43-23-45-46-24-44-40-14-6-8-16-50(40)62(32-18-20-38-34-10-2-4-12-36(34)48(28-57)42(38)22-32)52(44)26-54(46)63(53(45)25-51(43)61)55-59-29-58-30-60-55/h1-26,29-30,47-48H,27-28,56-57H2. The maximum Gasteiger partial charge on any atom is 0.237 e. The molecule has 4 aromatic heterocycles. The summed E-state index contributed by atoms with van der Waals surface area (Å²) in [7, 11) is 0. The Morgan fingerprint density at radius 1 is 0.365 bits per heavy atom. The van der Waals surface area contributed by atoms with Crippen molar-refractivity contribution in [3.05, 3.63) is 193 Å². The number of fused-ring (bicyclic) bond motifs is 15. The van der Waals surface area contributed by atoms with Crippen molar-refractivity contribution in [2.24, 2.45) is 11.5 Å². The Bertz CT molecular complexity index is 3680. The van der Waals surface area contributed by atoms with Gasteiger partial charge in [0.2, 0.25) is 5.95 Å². The third-order valence-electron chi connectivity index (χ3n) is 14.1. The largest absolute Gasteiger partial charge is 0.330 e. The van der Waals surface area contributed by atoms with E-state index < -0.39 is 0 Å². The van der Waals surface area contributed by atoms with E-state index in [-0.39, 0.29) is 11.8 Å². The van der Waals surface area contributed by atoms with Crippen LogP contribution in [0, 0.1) is 0 Å². The van der Waals surface area contributed by atoms with Gasteiger partial charge in [0.05, 0.1) is 33.1 Å². The number of nitrogens with zero attached hydrogens (tertiary/aromatic N) is 6. The van der Waals surface area contributed by atoms with Crippen LogP contribution in [0.4, 0.5) is 0 Å². The second kappa shape index (κ2) is 12.8. The lowest BCUT2D eigenvalue weighted by Crippen LogP contribution is -2.11. The van der Waals surface area contributed by atoms with E-state index in [0.717, 1.165) is 55.2 Å². The van der Waals surface area contributed by atoms with Crippen molar-refractivity contribution in [1.29, 1.82) is 0 Å². The third-order valence-corrected chi connectivity index (χ3v) is 14.1. The molecule has 8 nitrogen and oxygen atoms in total. The van der Waals surface area contributed by atoms with E-state index in [1.165, 1.54) is 66.1 Å². The molecule has 0 radical (unpaired) electrons. The molecule has 12 aromatic rings. The summed E-state index contributed by atoms with van der Waals surface area (Å²) >= 11 is 0. The Morgan fingerprint density at radius 3 is 1.27 bits per heavy atom. The first-order chi connectivity index (χ1) is 31.2. The molecular weight excluding hydrogens is 773 g/mol. The quantitative estimate of drug-likeness (QED) is 0.180. The summed E-state index contributed by atoms with van der Waals surface area (Å²) in [6.45, 7) is 1.10. The van der Waals surface area contributed by atoms with Crippen LogP contribution in [-0.4, -0.2) is 41.7 Å². The first-order valence-corrected chi connectivity index (χ1v) is 21.6. The van der Waals surface area contributed by atoms with Crippen molar-refractivity contribution in [1.82, 2.24) is 28.7 Å². The Kier molecular flexibility index (Phi) is 7.07. The highest BCUT2D eigenvalue weighted by molar-refractivity contribution is 6.23. The highest BCUT2D eigenvalue weighted by atomic mass is 15.2. The highest BCUT2D eigenvalue weighted by Gasteiger charge is 2.30. The molecule has 63 heavy (non-hydrogen) atoms. The fraction of sp³-hybridized carbons (Fsp3) is 0.0727. The predicted octanol–water partition coefficient (Wildman–Crippen LogP) is 11.3. The Balaban J connectivity index is 1.05. The fourth-order valence-electron chi connectivity index (χ4n) is 11.4. The minimum Gasteiger partial charge on any atom is -0.330 e. The van der Waals surface area contributed by atoms with E-state index in [2.05, 4.69) is 176 Å². The van der Waals surface area contributed by atoms with Crippen molar-refractivity contribution in [3.8, 4) is 39.6 Å². The molecule has 0 aliphatic heterocycles. The van der Waals surface area contributed by atoms with Crippen LogP contribution >= 0.6 is 0 Å². The van der Waals surface area contributed by atoms with Crippen molar-refractivity contribution in [3.63, 3.8) is 0 Å². The van der Waals surface area contributed by atoms with Crippen molar-refractivity contribution in [2.75, 3.05) is 13.1 Å². The molecule has 4 N–H and O–H groups in total. The molecule has 0 fully saturated rings. The van der Waals surface area contributed by atoms with Gasteiger partial charge >= 0.3 is 0 Å². The zero-order chi connectivity index (χ0) is 41.5. The van der Waals surface area contributed by atoms with Gasteiger partial charge in [-0.15, -0.1) is 0 Å². The van der Waals surface area contributed by atoms with Gasteiger partial charge in [-0.05, 0) is 105 Å². The smallest absolute Gasteiger partial charge is 0.237 e. The normalized spacial score (nSPS) is 15.3. The molecule has 8 aromatic carbocycles. The van der Waals surface area contributed by atoms with Crippen molar-refractivity contribution < 1.29 is 0 Å². The van der Waals surface area contributed by atoms with Gasteiger partial charge in [-0.3, -0.25) is 4.57 Å². The number of rotatable bonds is 5. The minimum absolute atomic E-state index is 0.143. The fourth-order valence-corrected chi connectivity index (χ4v) is 11.4. The molecule has 0 spiro atoms. The lowest BCUT2D eigenvalue weighted by Gasteiger charge is -2.14. The molecule has 298 valence electrons. The number of benzene rings is 8. The Labute approximate surface area is 361 Å². The molecule has 0 saturated carbocycles. The molecule has 2 atom stereocenters. The number of para-hydroxylation sites is 2. The molecule has 0 saturated heterocycles. The summed E-state index contributed by atoms with van der Waals surface area (Å²) in [6, 6.07) is 58.1. The van der Waals surface area contributed by atoms with Gasteiger partial charge in [0.15, 0.2) is 0 Å². The molecule has 0 amide bonds. The van der Waals surface area contributed by atoms with Crippen LogP contribution in [0.2, 0.25) is 0 Å². The van der Waals surface area contributed by atoms with Gasteiger partial charge in [0.1, 0.15) is 12.7 Å². The van der Waals surface area contributed by atoms with Gasteiger partial charge in [0, 0.05) is 68.6 Å². The Morgan fingerprint density at radius 2 is 0.778 bits per heavy atom. The summed E-state index contributed by atoms with van der Waals surface area (Å²) in [5.41, 5.74) is 32.0. The molecule has 2 aliphatic rings. The van der Waals surface area contributed by atoms with E-state index in [1.54, 1.807) is 12.7 Å². The topological polar surface area (TPSA) is 105 Å². The SMILES string of the molecule is NCC1c2ccccc2-c2ccc(-n3c4ccccc4c4cc5c6cc7c8ccccc8n(-c8ccc9c(c8)C(CN)c8ccccc8-9)c7cc6n(-c6ncncn6)c5cc43)cc21. The summed E-state index contributed by atoms with van der Waals surface area (Å²) in [4.78, 5) is 13.8. The number of nitrogens with two attached hydrogens (primary N) is 2. The minimum atomic E-state index is 0.143. The van der Waals surface area contributed by atoms with Gasteiger partial charge in [-0.25, -0.2) is 15.0 Å². The van der Waals surface area contributed by atoms with E-state index in [4.69, 9.17) is 21.4 Å². The number of aromatic nitrogens is 6. The highest BCUT2D eigenvalue weighted by Crippen LogP contribution is 2.48. The zero-order valence-corrected chi connectivity index (χ0v) is 34.1. The average Bonchev–Trinajstić information content (AvgIpc) is 4.11. The molecule has 4 heterocycles. The number of hydrogen-bond donors (Lipinski definition) is 2. The molecule has 0 bridgehead atoms. The second-order valence-electron chi connectivity index (χ2n) is 17.0. The van der Waals surface area contributed by atoms with Gasteiger partial charge < -0.3 is 20.6 Å². The summed E-state index contributed by atoms with van der Waals surface area (Å²) in [5.74, 6) is 0.851. The number of hydrogen-bond acceptors (Lipinski definition) is 5. The van der Waals surface area contributed by atoms with Crippen LogP contribution in [0.3, 0.4) is 0 Å². The molecule has 2 aliphatic carbocycles. The molecule has 14 rings (SSSR count). The van der Waals surface area contributed by atoms with Crippen LogP contribution in [0.1, 0.15) is 34.1 Å². The van der Waals surface area contributed by atoms with E-state index in [0.29, 0.717) is 19.0 Å². The van der Waals surface area contributed by atoms with Crippen LogP contribution in [0.15, 0.2) is 170 Å². The third kappa shape index (κ3) is 4.63. The van der Waals surface area contributed by atoms with E-state index >= 15 is 0 Å². The maximum atomic E-state index is 6.50. The zero-order valence-electron chi connectivity index (χ0n) is 34.1. The van der Waals surface area contributed by atoms with Gasteiger partial charge in [-0.2, -0.15) is 0 Å². The first-order valence-electron chi connectivity index (χ1n) is 21.6. The van der Waals surface area contributed by atoms with Crippen LogP contribution < -0.4 is 11.5 Å². The summed E-state index contributed by atoms with van der Waals surface area (Å²) < 4.78 is 7.03.